The number of nitrogens with zero attached hydrogens (tertiary/aromatic N) is 3. The van der Waals surface area contributed by atoms with Crippen molar-refractivity contribution < 1.29 is 29.2 Å². The number of rotatable bonds is 9. The Morgan fingerprint density at radius 1 is 1.11 bits per heavy atom. The van der Waals surface area contributed by atoms with Crippen LogP contribution < -0.4 is 14.8 Å². The number of aromatic hydroxyl groups is 1. The summed E-state index contributed by atoms with van der Waals surface area (Å²) >= 11 is 6.37. The van der Waals surface area contributed by atoms with Crippen LogP contribution in [-0.2, 0) is 4.79 Å². The van der Waals surface area contributed by atoms with Crippen molar-refractivity contribution in [2.24, 2.45) is 0 Å². The molecule has 0 heterocycles. The first kappa shape index (κ1) is 26.5. The van der Waals surface area contributed by atoms with Gasteiger partial charge in [-0.1, -0.05) is 11.6 Å². The van der Waals surface area contributed by atoms with E-state index in [0.717, 1.165) is 18.2 Å². The first-order valence-corrected chi connectivity index (χ1v) is 10.8. The third-order valence-corrected chi connectivity index (χ3v) is 4.98. The zero-order chi connectivity index (χ0) is 27.1. The van der Waals surface area contributed by atoms with Gasteiger partial charge in [0.1, 0.15) is 17.4 Å². The van der Waals surface area contributed by atoms with E-state index in [-0.39, 0.29) is 45.8 Å². The summed E-state index contributed by atoms with van der Waals surface area (Å²) in [6.07, 6.45) is 1.25. The highest BCUT2D eigenvalue weighted by atomic mass is 35.5. The normalized spacial score (nSPS) is 10.8. The van der Waals surface area contributed by atoms with E-state index < -0.39 is 27.1 Å². The van der Waals surface area contributed by atoms with E-state index in [1.807, 2.05) is 0 Å². The number of nitro benzene ring substituents is 2. The van der Waals surface area contributed by atoms with E-state index in [1.165, 1.54) is 42.5 Å². The molecule has 13 heteroatoms. The molecular weight excluding hydrogens is 508 g/mol. The van der Waals surface area contributed by atoms with Gasteiger partial charge in [0.2, 0.25) is 5.75 Å². The topological polar surface area (TPSA) is 178 Å². The summed E-state index contributed by atoms with van der Waals surface area (Å²) in [4.78, 5) is 33.4. The Bertz CT molecular complexity index is 1450. The van der Waals surface area contributed by atoms with Gasteiger partial charge < -0.3 is 19.9 Å². The average Bonchev–Trinajstić information content (AvgIpc) is 2.86. The summed E-state index contributed by atoms with van der Waals surface area (Å²) in [5, 5.41) is 43.8. The number of phenolic OH excluding ortho intramolecular Hbond substituents is 1. The molecule has 0 saturated heterocycles. The zero-order valence-corrected chi connectivity index (χ0v) is 19.8. The summed E-state index contributed by atoms with van der Waals surface area (Å²) in [6.45, 7) is 1.81. The van der Waals surface area contributed by atoms with E-state index in [2.05, 4.69) is 5.32 Å². The third kappa shape index (κ3) is 6.50. The number of carbonyl (C=O) groups excluding carboxylic acids is 1. The van der Waals surface area contributed by atoms with Crippen molar-refractivity contribution in [1.29, 1.82) is 5.26 Å². The lowest BCUT2D eigenvalue weighted by molar-refractivity contribution is -0.394. The number of ether oxygens (including phenoxy) is 2. The zero-order valence-electron chi connectivity index (χ0n) is 19.0. The second kappa shape index (κ2) is 11.5. The molecule has 1 amide bonds. The maximum Gasteiger partial charge on any atom is 0.318 e. The molecule has 37 heavy (non-hydrogen) atoms. The Balaban J connectivity index is 1.97. The maximum absolute atomic E-state index is 12.5. The number of nitrogens with one attached hydrogen (secondary N) is 1. The molecule has 3 aromatic carbocycles. The average molecular weight is 525 g/mol. The molecule has 188 valence electrons. The van der Waals surface area contributed by atoms with Crippen molar-refractivity contribution in [2.75, 3.05) is 11.9 Å². The molecule has 3 rings (SSSR count). The van der Waals surface area contributed by atoms with Crippen molar-refractivity contribution >= 4 is 40.6 Å². The SMILES string of the molecule is CCOc1cc(/C=C(\C#N)C(=O)Nc2ccc(O)cc2)cc(Cl)c1Oc1ccc([N+](=O)[O-])cc1[N+](=O)[O-]. The highest BCUT2D eigenvalue weighted by molar-refractivity contribution is 6.32. The number of anilines is 1. The number of non-ortho nitro benzene ring substituents is 1. The van der Waals surface area contributed by atoms with Crippen LogP contribution in [0.3, 0.4) is 0 Å². The number of amides is 1. The summed E-state index contributed by atoms with van der Waals surface area (Å²) in [7, 11) is 0. The van der Waals surface area contributed by atoms with Crippen LogP contribution in [0.1, 0.15) is 12.5 Å². The minimum atomic E-state index is -0.834. The Kier molecular flexibility index (Phi) is 8.24. The summed E-state index contributed by atoms with van der Waals surface area (Å²) < 4.78 is 11.2. The van der Waals surface area contributed by atoms with Gasteiger partial charge >= 0.3 is 5.69 Å². The molecule has 0 unspecified atom stereocenters. The van der Waals surface area contributed by atoms with Crippen LogP contribution in [0.15, 0.2) is 60.2 Å². The number of hydrogen-bond acceptors (Lipinski definition) is 9. The Morgan fingerprint density at radius 2 is 1.81 bits per heavy atom. The highest BCUT2D eigenvalue weighted by Gasteiger charge is 2.24. The predicted molar refractivity (Wildman–Crippen MR) is 133 cm³/mol. The number of nitro groups is 2. The van der Waals surface area contributed by atoms with Crippen LogP contribution in [0.4, 0.5) is 17.1 Å². The smallest absolute Gasteiger partial charge is 0.318 e. The maximum atomic E-state index is 12.5. The van der Waals surface area contributed by atoms with E-state index in [1.54, 1.807) is 13.0 Å². The number of halogens is 1. The number of carbonyl (C=O) groups is 1. The van der Waals surface area contributed by atoms with E-state index in [0.29, 0.717) is 5.69 Å². The first-order valence-electron chi connectivity index (χ1n) is 10.4. The summed E-state index contributed by atoms with van der Waals surface area (Å²) in [5.74, 6) is -1.08. The van der Waals surface area contributed by atoms with Gasteiger partial charge in [-0.25, -0.2) is 0 Å². The molecule has 0 bridgehead atoms. The lowest BCUT2D eigenvalue weighted by Crippen LogP contribution is -2.13. The second-order valence-electron chi connectivity index (χ2n) is 7.20. The van der Waals surface area contributed by atoms with Crippen molar-refractivity contribution in [3.8, 4) is 29.1 Å². The molecule has 0 spiro atoms. The molecule has 2 N–H and O–H groups in total. The molecule has 0 radical (unpaired) electrons. The van der Waals surface area contributed by atoms with Gasteiger partial charge in [0.25, 0.3) is 11.6 Å². The second-order valence-corrected chi connectivity index (χ2v) is 7.61. The number of phenols is 1. The van der Waals surface area contributed by atoms with Crippen LogP contribution in [0.2, 0.25) is 5.02 Å². The van der Waals surface area contributed by atoms with Crippen molar-refractivity contribution in [3.63, 3.8) is 0 Å². The minimum Gasteiger partial charge on any atom is -0.508 e. The highest BCUT2D eigenvalue weighted by Crippen LogP contribution is 2.43. The van der Waals surface area contributed by atoms with Gasteiger partial charge in [-0.15, -0.1) is 0 Å². The third-order valence-electron chi connectivity index (χ3n) is 4.70. The lowest BCUT2D eigenvalue weighted by Gasteiger charge is -2.14. The molecule has 3 aromatic rings. The summed E-state index contributed by atoms with van der Waals surface area (Å²) in [5.41, 5.74) is -0.785. The van der Waals surface area contributed by atoms with Crippen LogP contribution in [0.25, 0.3) is 6.08 Å². The standard InChI is InChI=1S/C24H17ClN4O8/c1-2-36-22-11-14(9-15(13-26)24(31)27-16-3-6-18(30)7-4-16)10-19(25)23(22)37-21-8-5-17(28(32)33)12-20(21)29(34)35/h3-12,30H,2H2,1H3,(H,27,31)/b15-9+. The van der Waals surface area contributed by atoms with Crippen molar-refractivity contribution in [3.05, 3.63) is 91.0 Å². The predicted octanol–water partition coefficient (Wildman–Crippen LogP) is 5.60. The summed E-state index contributed by atoms with van der Waals surface area (Å²) in [6, 6.07) is 13.1. The van der Waals surface area contributed by atoms with E-state index in [4.69, 9.17) is 21.1 Å². The molecule has 0 aromatic heterocycles. The quantitative estimate of drug-likeness (QED) is 0.118. The van der Waals surface area contributed by atoms with Crippen molar-refractivity contribution in [2.45, 2.75) is 6.92 Å². The first-order chi connectivity index (χ1) is 17.6. The number of hydrogen-bond donors (Lipinski definition) is 2. The molecule has 12 nitrogen and oxygen atoms in total. The lowest BCUT2D eigenvalue weighted by atomic mass is 10.1. The van der Waals surface area contributed by atoms with Gasteiger partial charge in [0.15, 0.2) is 11.5 Å². The Hall–Kier alpha value is -5.15. The van der Waals surface area contributed by atoms with Gasteiger partial charge in [0.05, 0.1) is 27.5 Å². The fourth-order valence-electron chi connectivity index (χ4n) is 3.05. The number of benzene rings is 3. The van der Waals surface area contributed by atoms with Gasteiger partial charge in [-0.3, -0.25) is 25.0 Å². The largest absolute Gasteiger partial charge is 0.508 e. The fourth-order valence-corrected chi connectivity index (χ4v) is 3.31. The van der Waals surface area contributed by atoms with Gasteiger partial charge in [0, 0.05) is 11.8 Å². The molecule has 0 aliphatic heterocycles. The van der Waals surface area contributed by atoms with Crippen molar-refractivity contribution in [1.82, 2.24) is 0 Å². The molecule has 0 fully saturated rings. The Morgan fingerprint density at radius 3 is 2.41 bits per heavy atom. The van der Waals surface area contributed by atoms with E-state index >= 15 is 0 Å². The van der Waals surface area contributed by atoms with Crippen LogP contribution in [-0.4, -0.2) is 27.5 Å². The fraction of sp³-hybridized carbons (Fsp3) is 0.0833. The molecule has 0 aliphatic rings. The molecule has 0 atom stereocenters. The number of nitriles is 1. The minimum absolute atomic E-state index is 0.00788. The van der Waals surface area contributed by atoms with Gasteiger partial charge in [-0.2, -0.15) is 5.26 Å². The van der Waals surface area contributed by atoms with Crippen LogP contribution in [0, 0.1) is 31.6 Å². The monoisotopic (exact) mass is 524 g/mol. The molecule has 0 aliphatic carbocycles. The van der Waals surface area contributed by atoms with Crippen LogP contribution in [0.5, 0.6) is 23.0 Å². The van der Waals surface area contributed by atoms with Gasteiger partial charge in [-0.05, 0) is 61.0 Å². The Labute approximate surface area is 214 Å². The van der Waals surface area contributed by atoms with E-state index in [9.17, 15) is 35.4 Å². The van der Waals surface area contributed by atoms with Crippen LogP contribution >= 0.6 is 11.6 Å². The molecular formula is C24H17ClN4O8. The molecule has 0 saturated carbocycles.